The number of amides is 1. The highest BCUT2D eigenvalue weighted by Gasteiger charge is 2.26. The highest BCUT2D eigenvalue weighted by Crippen LogP contribution is 2.28. The fourth-order valence-electron chi connectivity index (χ4n) is 2.96. The Balaban J connectivity index is 1.60. The summed E-state index contributed by atoms with van der Waals surface area (Å²) in [6.45, 7) is 4.82. The van der Waals surface area contributed by atoms with Crippen LogP contribution in [0.5, 0.6) is 0 Å². The molecule has 0 aromatic carbocycles. The van der Waals surface area contributed by atoms with Crippen molar-refractivity contribution >= 4 is 5.91 Å². The van der Waals surface area contributed by atoms with Crippen LogP contribution in [0.15, 0.2) is 29.1 Å². The lowest BCUT2D eigenvalue weighted by molar-refractivity contribution is 0.0712. The molecule has 0 bridgehead atoms. The van der Waals surface area contributed by atoms with Gasteiger partial charge in [-0.05, 0) is 37.3 Å². The maximum Gasteiger partial charge on any atom is 0.257 e. The standard InChI is InChI=1S/C16H22N4O2/c1-2-20-10-14(9-18-20)12-3-5-19(6-4-12)16(21)13-7-15(8-17)22-11-13/h7,9-12H,2-6,8,17H2,1H3. The van der Waals surface area contributed by atoms with E-state index in [2.05, 4.69) is 18.2 Å². The lowest BCUT2D eigenvalue weighted by atomic mass is 9.91. The number of carbonyl (C=O) groups is 1. The van der Waals surface area contributed by atoms with Gasteiger partial charge in [-0.25, -0.2) is 0 Å². The van der Waals surface area contributed by atoms with Crippen LogP contribution in [-0.2, 0) is 13.1 Å². The van der Waals surface area contributed by atoms with Crippen molar-refractivity contribution in [1.29, 1.82) is 0 Å². The molecule has 1 saturated heterocycles. The second-order valence-corrected chi connectivity index (χ2v) is 5.70. The second-order valence-electron chi connectivity index (χ2n) is 5.70. The third kappa shape index (κ3) is 2.92. The number of nitrogens with two attached hydrogens (primary N) is 1. The third-order valence-electron chi connectivity index (χ3n) is 4.33. The van der Waals surface area contributed by atoms with Crippen molar-refractivity contribution < 1.29 is 9.21 Å². The number of likely N-dealkylation sites (tertiary alicyclic amines) is 1. The Labute approximate surface area is 129 Å². The molecule has 3 heterocycles. The molecule has 6 heteroatoms. The summed E-state index contributed by atoms with van der Waals surface area (Å²) in [5, 5.41) is 4.34. The van der Waals surface area contributed by atoms with Crippen LogP contribution in [0.2, 0.25) is 0 Å². The molecular weight excluding hydrogens is 280 g/mol. The van der Waals surface area contributed by atoms with E-state index >= 15 is 0 Å². The number of furan rings is 1. The number of aryl methyl sites for hydroxylation is 1. The van der Waals surface area contributed by atoms with E-state index < -0.39 is 0 Å². The molecule has 0 saturated carbocycles. The molecule has 0 atom stereocenters. The van der Waals surface area contributed by atoms with Gasteiger partial charge in [-0.2, -0.15) is 5.10 Å². The van der Waals surface area contributed by atoms with Crippen molar-refractivity contribution in [2.75, 3.05) is 13.1 Å². The molecule has 1 amide bonds. The van der Waals surface area contributed by atoms with Crippen LogP contribution < -0.4 is 5.73 Å². The Morgan fingerprint density at radius 1 is 1.45 bits per heavy atom. The molecule has 3 rings (SSSR count). The average Bonchev–Trinajstić information content (AvgIpc) is 3.23. The van der Waals surface area contributed by atoms with Gasteiger partial charge in [-0.3, -0.25) is 9.48 Å². The molecule has 1 aliphatic heterocycles. The van der Waals surface area contributed by atoms with E-state index in [0.717, 1.165) is 32.5 Å². The largest absolute Gasteiger partial charge is 0.467 e. The highest BCUT2D eigenvalue weighted by molar-refractivity contribution is 5.94. The molecule has 22 heavy (non-hydrogen) atoms. The Morgan fingerprint density at radius 3 is 2.82 bits per heavy atom. The Bertz CT molecular complexity index is 638. The van der Waals surface area contributed by atoms with Crippen molar-refractivity contribution in [2.24, 2.45) is 5.73 Å². The van der Waals surface area contributed by atoms with Gasteiger partial charge in [0, 0.05) is 25.8 Å². The zero-order chi connectivity index (χ0) is 15.5. The fourth-order valence-corrected chi connectivity index (χ4v) is 2.96. The lowest BCUT2D eigenvalue weighted by Gasteiger charge is -2.31. The quantitative estimate of drug-likeness (QED) is 0.936. The van der Waals surface area contributed by atoms with E-state index in [4.69, 9.17) is 10.2 Å². The Kier molecular flexibility index (Phi) is 4.29. The molecule has 0 spiro atoms. The first kappa shape index (κ1) is 14.8. The SMILES string of the molecule is CCn1cc(C2CCN(C(=O)c3coc(CN)c3)CC2)cn1. The molecule has 2 aromatic rings. The summed E-state index contributed by atoms with van der Waals surface area (Å²) in [6.07, 6.45) is 7.52. The van der Waals surface area contributed by atoms with Crippen LogP contribution >= 0.6 is 0 Å². The summed E-state index contributed by atoms with van der Waals surface area (Å²) >= 11 is 0. The Hall–Kier alpha value is -2.08. The van der Waals surface area contributed by atoms with Crippen molar-refractivity contribution in [3.8, 4) is 0 Å². The molecule has 2 aromatic heterocycles. The van der Waals surface area contributed by atoms with Crippen LogP contribution in [0.4, 0.5) is 0 Å². The summed E-state index contributed by atoms with van der Waals surface area (Å²) in [7, 11) is 0. The number of hydrogen-bond acceptors (Lipinski definition) is 4. The lowest BCUT2D eigenvalue weighted by Crippen LogP contribution is -2.37. The fraction of sp³-hybridized carbons (Fsp3) is 0.500. The van der Waals surface area contributed by atoms with Crippen molar-refractivity contribution in [1.82, 2.24) is 14.7 Å². The first-order valence-corrected chi connectivity index (χ1v) is 7.80. The van der Waals surface area contributed by atoms with Crippen LogP contribution in [0.25, 0.3) is 0 Å². The van der Waals surface area contributed by atoms with Crippen molar-refractivity contribution in [2.45, 2.75) is 38.8 Å². The molecule has 6 nitrogen and oxygen atoms in total. The monoisotopic (exact) mass is 302 g/mol. The normalized spacial score (nSPS) is 16.2. The molecule has 0 radical (unpaired) electrons. The number of aromatic nitrogens is 2. The van der Waals surface area contributed by atoms with Crippen LogP contribution in [-0.4, -0.2) is 33.7 Å². The zero-order valence-electron chi connectivity index (χ0n) is 12.9. The number of hydrogen-bond donors (Lipinski definition) is 1. The van der Waals surface area contributed by atoms with Gasteiger partial charge in [0.2, 0.25) is 0 Å². The van der Waals surface area contributed by atoms with Gasteiger partial charge in [0.05, 0.1) is 18.3 Å². The first-order valence-electron chi connectivity index (χ1n) is 7.80. The number of rotatable bonds is 4. The van der Waals surface area contributed by atoms with Gasteiger partial charge in [-0.1, -0.05) is 0 Å². The van der Waals surface area contributed by atoms with E-state index in [1.807, 2.05) is 15.8 Å². The topological polar surface area (TPSA) is 77.3 Å². The molecule has 0 aliphatic carbocycles. The van der Waals surface area contributed by atoms with Crippen LogP contribution in [0, 0.1) is 0 Å². The maximum absolute atomic E-state index is 12.4. The Morgan fingerprint density at radius 2 is 2.23 bits per heavy atom. The molecule has 118 valence electrons. The van der Waals surface area contributed by atoms with E-state index in [1.54, 1.807) is 6.07 Å². The predicted octanol–water partition coefficient (Wildman–Crippen LogP) is 1.97. The van der Waals surface area contributed by atoms with E-state index in [0.29, 0.717) is 23.8 Å². The molecular formula is C16H22N4O2. The molecule has 1 aliphatic rings. The number of carbonyl (C=O) groups excluding carboxylic acids is 1. The van der Waals surface area contributed by atoms with Gasteiger partial charge >= 0.3 is 0 Å². The van der Waals surface area contributed by atoms with E-state index in [1.165, 1.54) is 11.8 Å². The highest BCUT2D eigenvalue weighted by atomic mass is 16.3. The third-order valence-corrected chi connectivity index (χ3v) is 4.33. The number of nitrogens with zero attached hydrogens (tertiary/aromatic N) is 3. The summed E-state index contributed by atoms with van der Waals surface area (Å²) in [4.78, 5) is 14.3. The number of piperidine rings is 1. The second kappa shape index (κ2) is 6.36. The van der Waals surface area contributed by atoms with Crippen molar-refractivity contribution in [3.63, 3.8) is 0 Å². The molecule has 2 N–H and O–H groups in total. The molecule has 1 fully saturated rings. The van der Waals surface area contributed by atoms with Crippen LogP contribution in [0.3, 0.4) is 0 Å². The van der Waals surface area contributed by atoms with Crippen LogP contribution in [0.1, 0.15) is 47.4 Å². The minimum Gasteiger partial charge on any atom is -0.467 e. The minimum atomic E-state index is 0.0335. The van der Waals surface area contributed by atoms with Gasteiger partial charge < -0.3 is 15.1 Å². The summed E-state index contributed by atoms with van der Waals surface area (Å²) in [5.74, 6) is 1.17. The smallest absolute Gasteiger partial charge is 0.257 e. The van der Waals surface area contributed by atoms with Gasteiger partial charge in [-0.15, -0.1) is 0 Å². The maximum atomic E-state index is 12.4. The minimum absolute atomic E-state index is 0.0335. The summed E-state index contributed by atoms with van der Waals surface area (Å²) in [5.41, 5.74) is 7.39. The van der Waals surface area contributed by atoms with E-state index in [-0.39, 0.29) is 5.91 Å². The zero-order valence-corrected chi connectivity index (χ0v) is 12.9. The molecule has 0 unspecified atom stereocenters. The average molecular weight is 302 g/mol. The summed E-state index contributed by atoms with van der Waals surface area (Å²) in [6, 6.07) is 1.74. The summed E-state index contributed by atoms with van der Waals surface area (Å²) < 4.78 is 7.20. The predicted molar refractivity (Wildman–Crippen MR) is 82.4 cm³/mol. The van der Waals surface area contributed by atoms with E-state index in [9.17, 15) is 4.79 Å². The van der Waals surface area contributed by atoms with Gasteiger partial charge in [0.25, 0.3) is 5.91 Å². The van der Waals surface area contributed by atoms with Gasteiger partial charge in [0.1, 0.15) is 12.0 Å². The van der Waals surface area contributed by atoms with Crippen molar-refractivity contribution in [3.05, 3.63) is 41.6 Å². The van der Waals surface area contributed by atoms with Gasteiger partial charge in [0.15, 0.2) is 0 Å². The first-order chi connectivity index (χ1) is 10.7.